The summed E-state index contributed by atoms with van der Waals surface area (Å²) in [7, 11) is 0. The van der Waals surface area contributed by atoms with Gasteiger partial charge in [0.15, 0.2) is 0 Å². The van der Waals surface area contributed by atoms with Crippen LogP contribution in [0.3, 0.4) is 0 Å². The van der Waals surface area contributed by atoms with Crippen molar-refractivity contribution in [2.45, 2.75) is 27.7 Å². The summed E-state index contributed by atoms with van der Waals surface area (Å²) in [6.07, 6.45) is 0. The molecule has 2 amide bonds. The van der Waals surface area contributed by atoms with Gasteiger partial charge in [-0.15, -0.1) is 0 Å². The third-order valence-electron chi connectivity index (χ3n) is 6.83. The van der Waals surface area contributed by atoms with Crippen molar-refractivity contribution in [2.24, 2.45) is 0 Å². The first-order valence-electron chi connectivity index (χ1n) is 15.3. The van der Waals surface area contributed by atoms with Crippen molar-refractivity contribution in [3.63, 3.8) is 0 Å². The lowest BCUT2D eigenvalue weighted by molar-refractivity contribution is -0.114. The van der Waals surface area contributed by atoms with Crippen molar-refractivity contribution in [3.8, 4) is 22.6 Å². The van der Waals surface area contributed by atoms with E-state index in [0.717, 1.165) is 45.1 Å². The van der Waals surface area contributed by atoms with E-state index in [2.05, 4.69) is 33.4 Å². The lowest BCUT2D eigenvalue weighted by atomic mass is 10.00. The van der Waals surface area contributed by atoms with Crippen LogP contribution in [0.1, 0.15) is 25.0 Å². The van der Waals surface area contributed by atoms with Crippen LogP contribution < -0.4 is 30.7 Å². The molecule has 0 aliphatic rings. The quantitative estimate of drug-likeness (QED) is 0.100. The fourth-order valence-corrected chi connectivity index (χ4v) is 6.12. The molecule has 250 valence electrons. The van der Waals surface area contributed by atoms with Crippen LogP contribution in [0.4, 0.5) is 22.7 Å². The maximum Gasteiger partial charge on any atom is 0.234 e. The van der Waals surface area contributed by atoms with Gasteiger partial charge in [0, 0.05) is 22.7 Å². The summed E-state index contributed by atoms with van der Waals surface area (Å²) < 4.78 is 11.9. The Morgan fingerprint density at radius 2 is 0.958 bits per heavy atom. The average molecular weight is 719 g/mol. The summed E-state index contributed by atoms with van der Waals surface area (Å²) >= 11 is 13.5. The van der Waals surface area contributed by atoms with Gasteiger partial charge in [0.1, 0.15) is 20.1 Å². The standard InChI is InChI=1S/C36H38N4O4S4/c1-5-43-29-13-9-27(10-14-29)37-33(41)21-47-35(45)39-31-17-7-25(19-23(31)3)26-8-18-32(24(4)20-26)40-36(46)48-22-34(42)38-28-11-15-30(16-12-28)44-6-2/h7-20H,5-6,21-22H2,1-4H3,(H,37,41)(H,38,42)(H,39,45)(H,40,46). The van der Waals surface area contributed by atoms with E-state index in [4.69, 9.17) is 33.9 Å². The average Bonchev–Trinajstić information content (AvgIpc) is 3.07. The Kier molecular flexibility index (Phi) is 14.1. The molecule has 0 saturated carbocycles. The van der Waals surface area contributed by atoms with E-state index in [1.54, 1.807) is 0 Å². The molecule has 0 atom stereocenters. The molecular weight excluding hydrogens is 681 g/mol. The van der Waals surface area contributed by atoms with Gasteiger partial charge in [0.2, 0.25) is 11.8 Å². The van der Waals surface area contributed by atoms with Crippen LogP contribution in [-0.4, -0.2) is 45.2 Å². The molecule has 0 spiro atoms. The van der Waals surface area contributed by atoms with Crippen LogP contribution in [0.15, 0.2) is 84.9 Å². The zero-order valence-electron chi connectivity index (χ0n) is 27.2. The number of ether oxygens (including phenoxy) is 2. The Labute approximate surface area is 301 Å². The normalized spacial score (nSPS) is 10.5. The highest BCUT2D eigenvalue weighted by atomic mass is 32.2. The minimum Gasteiger partial charge on any atom is -0.494 e. The van der Waals surface area contributed by atoms with Crippen molar-refractivity contribution in [1.82, 2.24) is 0 Å². The number of aryl methyl sites for hydroxylation is 2. The predicted octanol–water partition coefficient (Wildman–Crippen LogP) is 8.91. The first-order valence-corrected chi connectivity index (χ1v) is 18.1. The summed E-state index contributed by atoms with van der Waals surface area (Å²) in [5.74, 6) is 1.62. The number of hydrogen-bond donors (Lipinski definition) is 4. The number of hydrogen-bond acceptors (Lipinski definition) is 8. The van der Waals surface area contributed by atoms with Gasteiger partial charge < -0.3 is 30.7 Å². The van der Waals surface area contributed by atoms with Crippen molar-refractivity contribution >= 4 is 91.2 Å². The van der Waals surface area contributed by atoms with Crippen molar-refractivity contribution in [2.75, 3.05) is 46.0 Å². The van der Waals surface area contributed by atoms with Crippen molar-refractivity contribution < 1.29 is 19.1 Å². The van der Waals surface area contributed by atoms with Crippen LogP contribution in [0.5, 0.6) is 11.5 Å². The second kappa shape index (κ2) is 18.4. The second-order valence-corrected chi connectivity index (χ2v) is 13.8. The highest BCUT2D eigenvalue weighted by Crippen LogP contribution is 2.29. The topological polar surface area (TPSA) is 101 Å². The Morgan fingerprint density at radius 3 is 1.29 bits per heavy atom. The minimum absolute atomic E-state index is 0.140. The van der Waals surface area contributed by atoms with Crippen LogP contribution in [0.2, 0.25) is 0 Å². The number of benzene rings is 4. The number of amides is 2. The molecule has 0 aliphatic carbocycles. The molecular formula is C36H38N4O4S4. The monoisotopic (exact) mass is 718 g/mol. The summed E-state index contributed by atoms with van der Waals surface area (Å²) in [6, 6.07) is 26.8. The van der Waals surface area contributed by atoms with Crippen LogP contribution in [-0.2, 0) is 9.59 Å². The number of thioether (sulfide) groups is 2. The zero-order valence-corrected chi connectivity index (χ0v) is 30.4. The largest absolute Gasteiger partial charge is 0.494 e. The molecule has 48 heavy (non-hydrogen) atoms. The van der Waals surface area contributed by atoms with Crippen molar-refractivity contribution in [3.05, 3.63) is 96.1 Å². The van der Waals surface area contributed by atoms with E-state index >= 15 is 0 Å². The molecule has 4 rings (SSSR count). The van der Waals surface area contributed by atoms with E-state index in [1.807, 2.05) is 100 Å². The Bertz CT molecular complexity index is 1620. The van der Waals surface area contributed by atoms with Gasteiger partial charge in [-0.3, -0.25) is 9.59 Å². The summed E-state index contributed by atoms with van der Waals surface area (Å²) in [6.45, 7) is 9.06. The maximum absolute atomic E-state index is 12.4. The van der Waals surface area contributed by atoms with E-state index in [1.165, 1.54) is 23.5 Å². The van der Waals surface area contributed by atoms with Gasteiger partial charge in [0.05, 0.1) is 24.7 Å². The molecule has 0 bridgehead atoms. The SMILES string of the molecule is CCOc1ccc(NC(=O)CSC(=S)Nc2ccc(-c3ccc(NC(=S)SCC(=O)Nc4ccc(OCC)cc4)c(C)c3)cc2C)cc1. The lowest BCUT2D eigenvalue weighted by Gasteiger charge is -2.14. The van der Waals surface area contributed by atoms with Crippen LogP contribution in [0, 0.1) is 13.8 Å². The molecule has 8 nitrogen and oxygen atoms in total. The van der Waals surface area contributed by atoms with E-state index < -0.39 is 0 Å². The van der Waals surface area contributed by atoms with Gasteiger partial charge in [0.25, 0.3) is 0 Å². The lowest BCUT2D eigenvalue weighted by Crippen LogP contribution is -2.17. The number of anilines is 4. The molecule has 0 radical (unpaired) electrons. The number of carbonyl (C=O) groups is 2. The number of nitrogens with one attached hydrogen (secondary N) is 4. The predicted molar refractivity (Wildman–Crippen MR) is 211 cm³/mol. The molecule has 0 aliphatic heterocycles. The first kappa shape index (κ1) is 36.7. The fourth-order valence-electron chi connectivity index (χ4n) is 4.52. The van der Waals surface area contributed by atoms with E-state index in [9.17, 15) is 9.59 Å². The Balaban J connectivity index is 1.23. The van der Waals surface area contributed by atoms with Gasteiger partial charge >= 0.3 is 0 Å². The minimum atomic E-state index is -0.140. The highest BCUT2D eigenvalue weighted by molar-refractivity contribution is 8.24. The Morgan fingerprint density at radius 1 is 0.583 bits per heavy atom. The number of rotatable bonds is 13. The van der Waals surface area contributed by atoms with Gasteiger partial charge in [-0.25, -0.2) is 0 Å². The third-order valence-corrected chi connectivity index (χ3v) is 9.28. The molecule has 4 aromatic carbocycles. The van der Waals surface area contributed by atoms with Crippen LogP contribution >= 0.6 is 48.0 Å². The second-order valence-electron chi connectivity index (χ2n) is 10.5. The summed E-state index contributed by atoms with van der Waals surface area (Å²) in [4.78, 5) is 24.8. The highest BCUT2D eigenvalue weighted by Gasteiger charge is 2.11. The summed E-state index contributed by atoms with van der Waals surface area (Å²) in [5, 5.41) is 12.2. The van der Waals surface area contributed by atoms with Crippen LogP contribution in [0.25, 0.3) is 11.1 Å². The third kappa shape index (κ3) is 11.6. The molecule has 0 heterocycles. The van der Waals surface area contributed by atoms with E-state index in [-0.39, 0.29) is 23.3 Å². The molecule has 0 aromatic heterocycles. The number of carbonyl (C=O) groups excluding carboxylic acids is 2. The van der Waals surface area contributed by atoms with Gasteiger partial charge in [-0.1, -0.05) is 60.1 Å². The smallest absolute Gasteiger partial charge is 0.234 e. The molecule has 0 saturated heterocycles. The van der Waals surface area contributed by atoms with Gasteiger partial charge in [-0.2, -0.15) is 0 Å². The molecule has 0 fully saturated rings. The molecule has 12 heteroatoms. The first-order chi connectivity index (χ1) is 23.1. The van der Waals surface area contributed by atoms with Crippen molar-refractivity contribution in [1.29, 1.82) is 0 Å². The fraction of sp³-hybridized carbons (Fsp3) is 0.222. The van der Waals surface area contributed by atoms with Gasteiger partial charge in [-0.05, 0) is 123 Å². The molecule has 0 unspecified atom stereocenters. The summed E-state index contributed by atoms with van der Waals surface area (Å²) in [5.41, 5.74) is 7.34. The molecule has 4 aromatic rings. The number of thiocarbonyl (C=S) groups is 2. The maximum atomic E-state index is 12.4. The Hall–Kier alpha value is -4.10. The zero-order chi connectivity index (χ0) is 34.5. The molecule has 4 N–H and O–H groups in total. The van der Waals surface area contributed by atoms with E-state index in [0.29, 0.717) is 33.2 Å².